The van der Waals surface area contributed by atoms with Gasteiger partial charge in [-0.15, -0.1) is 0 Å². The van der Waals surface area contributed by atoms with Gasteiger partial charge in [0.1, 0.15) is 24.4 Å². The van der Waals surface area contributed by atoms with E-state index in [1.54, 1.807) is 6.08 Å². The molecule has 8 N–H and O–H groups in total. The molecule has 2 aliphatic heterocycles. The zero-order chi connectivity index (χ0) is 38.1. The molecule has 1 aromatic rings. The van der Waals surface area contributed by atoms with E-state index < -0.39 is 72.1 Å². The quantitative estimate of drug-likeness (QED) is 0.0736. The number of nitrogens with one attached hydrogen (secondary N) is 2. The normalized spacial score (nSPS) is 24.8. The molecule has 284 valence electrons. The highest BCUT2D eigenvalue weighted by molar-refractivity contribution is 5.93. The number of carbonyl (C=O) groups is 5. The summed E-state index contributed by atoms with van der Waals surface area (Å²) in [5.74, 6) is -2.27. The molecule has 5 rings (SSSR count). The van der Waals surface area contributed by atoms with Crippen LogP contribution in [-0.4, -0.2) is 145 Å². The molecule has 1 fully saturated rings. The summed E-state index contributed by atoms with van der Waals surface area (Å²) in [5, 5.41) is 26.9. The van der Waals surface area contributed by atoms with Crippen LogP contribution in [0.2, 0.25) is 0 Å². The van der Waals surface area contributed by atoms with E-state index in [1.165, 1.54) is 28.1 Å². The van der Waals surface area contributed by atoms with Gasteiger partial charge >= 0.3 is 12.1 Å². The molecule has 1 saturated heterocycles. The van der Waals surface area contributed by atoms with Crippen molar-refractivity contribution in [1.82, 2.24) is 25.3 Å². The van der Waals surface area contributed by atoms with E-state index >= 15 is 0 Å². The first-order valence-electron chi connectivity index (χ1n) is 17.1. The standard InChI is InChI=1S/C34H48N8O10/c1-18(43)38-20(7-6-13-37-31(35)36)29(46)39-21(30(47)41(3)17-25(44)45)16-42(4)32(48)51-23-10-11-34(49)24-15-19-8-9-22(50-5)27-26(19)33(34,28(23)52-27)12-14-40(24)2/h8-10,20-21,24,28,49H,6-7,11-17H2,1-5H3,(H,38,43)(H,39,46)(H,44,45)(H4,35,36,37)/t20-,21-,24+,28?,33-,34?/m0/s1. The zero-order valence-corrected chi connectivity index (χ0v) is 30.0. The number of ether oxygens (including phenoxy) is 3. The summed E-state index contributed by atoms with van der Waals surface area (Å²) in [6.07, 6.45) is 1.66. The molecule has 18 nitrogen and oxygen atoms in total. The molecule has 1 aromatic carbocycles. The molecule has 0 saturated carbocycles. The molecule has 4 aliphatic rings. The maximum atomic E-state index is 13.8. The lowest BCUT2D eigenvalue weighted by Crippen LogP contribution is -2.74. The summed E-state index contributed by atoms with van der Waals surface area (Å²) >= 11 is 0. The zero-order valence-electron chi connectivity index (χ0n) is 30.0. The number of hydrogen-bond donors (Lipinski definition) is 6. The Morgan fingerprint density at radius 1 is 1.15 bits per heavy atom. The number of hydrogen-bond acceptors (Lipinski definition) is 11. The number of methoxy groups -OCH3 is 1. The van der Waals surface area contributed by atoms with Crippen LogP contribution in [0.15, 0.2) is 29.0 Å². The van der Waals surface area contributed by atoms with Gasteiger partial charge in [-0.3, -0.25) is 24.2 Å². The second kappa shape index (κ2) is 14.9. The van der Waals surface area contributed by atoms with Crippen molar-refractivity contribution in [3.05, 3.63) is 35.1 Å². The average Bonchev–Trinajstić information content (AvgIpc) is 3.43. The molecular weight excluding hydrogens is 680 g/mol. The molecule has 1 spiro atoms. The highest BCUT2D eigenvalue weighted by Gasteiger charge is 2.72. The van der Waals surface area contributed by atoms with Crippen molar-refractivity contribution in [2.75, 3.05) is 54.4 Å². The molecule has 2 unspecified atom stereocenters. The molecule has 2 bridgehead atoms. The van der Waals surface area contributed by atoms with E-state index in [0.29, 0.717) is 37.3 Å². The number of likely N-dealkylation sites (N-methyl/N-ethyl adjacent to an activating group) is 3. The number of guanidine groups is 1. The summed E-state index contributed by atoms with van der Waals surface area (Å²) in [5.41, 5.74) is 10.5. The second-order valence-electron chi connectivity index (χ2n) is 13.9. The summed E-state index contributed by atoms with van der Waals surface area (Å²) < 4.78 is 18.2. The van der Waals surface area contributed by atoms with Crippen molar-refractivity contribution in [1.29, 1.82) is 0 Å². The van der Waals surface area contributed by atoms with Gasteiger partial charge in [0.05, 0.1) is 24.7 Å². The van der Waals surface area contributed by atoms with Gasteiger partial charge in [-0.05, 0) is 57.0 Å². The summed E-state index contributed by atoms with van der Waals surface area (Å²) in [6.45, 7) is 0.982. The first-order chi connectivity index (χ1) is 24.5. The Labute approximate surface area is 301 Å². The Morgan fingerprint density at radius 3 is 2.54 bits per heavy atom. The largest absolute Gasteiger partial charge is 0.493 e. The third-order valence-corrected chi connectivity index (χ3v) is 10.5. The number of piperidine rings is 1. The van der Waals surface area contributed by atoms with Gasteiger partial charge in [-0.1, -0.05) is 6.07 Å². The van der Waals surface area contributed by atoms with E-state index in [2.05, 4.69) is 20.5 Å². The van der Waals surface area contributed by atoms with Gasteiger partial charge in [0.2, 0.25) is 17.7 Å². The minimum absolute atomic E-state index is 0.112. The van der Waals surface area contributed by atoms with Crippen LogP contribution in [-0.2, 0) is 35.8 Å². The lowest BCUT2D eigenvalue weighted by Gasteiger charge is -2.61. The molecule has 2 heterocycles. The number of carboxylic acid groups (broad SMARTS) is 1. The van der Waals surface area contributed by atoms with E-state index in [1.807, 2.05) is 19.2 Å². The van der Waals surface area contributed by atoms with Gasteiger partial charge in [-0.2, -0.15) is 0 Å². The topological polar surface area (TPSA) is 252 Å². The van der Waals surface area contributed by atoms with Crippen molar-refractivity contribution in [2.45, 2.75) is 74.3 Å². The van der Waals surface area contributed by atoms with Crippen LogP contribution < -0.4 is 31.6 Å². The van der Waals surface area contributed by atoms with Crippen LogP contribution in [0.25, 0.3) is 0 Å². The number of aliphatic imine (C=N–C) groups is 1. The minimum atomic E-state index is -1.43. The van der Waals surface area contributed by atoms with Crippen molar-refractivity contribution < 1.29 is 48.4 Å². The second-order valence-corrected chi connectivity index (χ2v) is 13.9. The number of likely N-dealkylation sites (tertiary alicyclic amines) is 1. The van der Waals surface area contributed by atoms with Gasteiger partial charge < -0.3 is 61.2 Å². The van der Waals surface area contributed by atoms with Crippen molar-refractivity contribution in [3.63, 3.8) is 0 Å². The Morgan fingerprint density at radius 2 is 1.88 bits per heavy atom. The Kier molecular flexibility index (Phi) is 10.9. The number of benzene rings is 1. The lowest BCUT2D eigenvalue weighted by atomic mass is 9.50. The smallest absolute Gasteiger partial charge is 0.414 e. The number of nitrogens with zero attached hydrogens (tertiary/aromatic N) is 4. The summed E-state index contributed by atoms with van der Waals surface area (Å²) in [6, 6.07) is 1.09. The Bertz CT molecular complexity index is 1680. The third kappa shape index (κ3) is 6.91. The van der Waals surface area contributed by atoms with Crippen LogP contribution in [0.4, 0.5) is 4.79 Å². The van der Waals surface area contributed by atoms with Crippen LogP contribution in [0, 0.1) is 0 Å². The first-order valence-corrected chi connectivity index (χ1v) is 17.1. The number of aliphatic hydroxyl groups is 1. The maximum absolute atomic E-state index is 13.8. The third-order valence-electron chi connectivity index (χ3n) is 10.5. The fourth-order valence-electron chi connectivity index (χ4n) is 8.14. The summed E-state index contributed by atoms with van der Waals surface area (Å²) in [7, 11) is 6.13. The molecule has 6 atom stereocenters. The van der Waals surface area contributed by atoms with E-state index in [4.69, 9.17) is 25.7 Å². The lowest BCUT2D eigenvalue weighted by molar-refractivity contribution is -0.163. The number of carboxylic acids is 1. The molecule has 52 heavy (non-hydrogen) atoms. The van der Waals surface area contributed by atoms with Gasteiger partial charge in [0.25, 0.3) is 0 Å². The summed E-state index contributed by atoms with van der Waals surface area (Å²) in [4.78, 5) is 72.0. The highest BCUT2D eigenvalue weighted by atomic mass is 16.6. The van der Waals surface area contributed by atoms with Gasteiger partial charge in [0, 0.05) is 45.6 Å². The SMILES string of the molecule is COc1ccc2c3c1OC1C(OC(=O)N(C)C[C@H](NC(=O)[C@H](CCCN=C(N)N)NC(C)=O)C(=O)N(C)CC(=O)O)=CCC4(O)[C@@H](C2)N(C)CC[C@]314. The highest BCUT2D eigenvalue weighted by Crippen LogP contribution is 2.65. The van der Waals surface area contributed by atoms with E-state index in [0.717, 1.165) is 20.9 Å². The monoisotopic (exact) mass is 728 g/mol. The van der Waals surface area contributed by atoms with E-state index in [9.17, 15) is 34.2 Å². The first kappa shape index (κ1) is 38.1. The predicted octanol–water partition coefficient (Wildman–Crippen LogP) is -1.37. The predicted molar refractivity (Wildman–Crippen MR) is 185 cm³/mol. The van der Waals surface area contributed by atoms with Crippen LogP contribution in [0.5, 0.6) is 11.5 Å². The minimum Gasteiger partial charge on any atom is -0.493 e. The van der Waals surface area contributed by atoms with Crippen LogP contribution in [0.3, 0.4) is 0 Å². The van der Waals surface area contributed by atoms with Crippen molar-refractivity contribution >= 4 is 35.7 Å². The van der Waals surface area contributed by atoms with Gasteiger partial charge in [0.15, 0.2) is 23.6 Å². The Balaban J connectivity index is 1.37. The fraction of sp³-hybridized carbons (Fsp3) is 0.588. The molecule has 0 radical (unpaired) electrons. The van der Waals surface area contributed by atoms with Gasteiger partial charge in [-0.25, -0.2) is 4.79 Å². The molecular formula is C34H48N8O10. The Hall–Kier alpha value is -5.10. The molecule has 4 amide bonds. The molecule has 18 heteroatoms. The number of carbonyl (C=O) groups excluding carboxylic acids is 4. The number of aliphatic carboxylic acids is 1. The average molecular weight is 729 g/mol. The molecule has 2 aliphatic carbocycles. The number of amides is 4. The number of rotatable bonds is 14. The van der Waals surface area contributed by atoms with Crippen LogP contribution in [0.1, 0.15) is 43.7 Å². The fourth-order valence-corrected chi connectivity index (χ4v) is 8.14. The van der Waals surface area contributed by atoms with Crippen molar-refractivity contribution in [2.24, 2.45) is 16.5 Å². The van der Waals surface area contributed by atoms with E-state index in [-0.39, 0.29) is 37.1 Å². The van der Waals surface area contributed by atoms with Crippen molar-refractivity contribution in [3.8, 4) is 11.5 Å². The van der Waals surface area contributed by atoms with Crippen LogP contribution >= 0.6 is 0 Å². The number of nitrogens with two attached hydrogens (primary N) is 2. The molecule has 0 aromatic heterocycles. The maximum Gasteiger partial charge on any atom is 0.414 e.